The van der Waals surface area contributed by atoms with E-state index in [1.807, 2.05) is 0 Å². The van der Waals surface area contributed by atoms with Crippen molar-refractivity contribution in [2.24, 2.45) is 5.92 Å². The zero-order valence-corrected chi connectivity index (χ0v) is 14.6. The van der Waals surface area contributed by atoms with E-state index < -0.39 is 22.3 Å². The normalized spacial score (nSPS) is 30.1. The summed E-state index contributed by atoms with van der Waals surface area (Å²) in [6.07, 6.45) is -0.715. The van der Waals surface area contributed by atoms with Crippen LogP contribution in [-0.2, 0) is 10.1 Å². The fourth-order valence-electron chi connectivity index (χ4n) is 1.76. The Hall–Kier alpha value is 1.83. The van der Waals surface area contributed by atoms with Crippen LogP contribution in [0.1, 0.15) is 25.7 Å². The second-order valence-electron chi connectivity index (χ2n) is 3.83. The van der Waals surface area contributed by atoms with E-state index in [-0.39, 0.29) is 83.6 Å². The van der Waals surface area contributed by atoms with E-state index in [1.165, 1.54) is 0 Å². The Labute approximate surface area is 140 Å². The molecule has 1 fully saturated rings. The maximum absolute atomic E-state index is 11.1. The molecule has 16 heavy (non-hydrogen) atoms. The molecule has 84 valence electrons. The van der Waals surface area contributed by atoms with Crippen molar-refractivity contribution in [2.45, 2.75) is 37.9 Å². The predicted molar refractivity (Wildman–Crippen MR) is 45.9 cm³/mol. The Balaban J connectivity index is 0. The maximum Gasteiger partial charge on any atom is 1.00 e. The monoisotopic (exact) mass is 268 g/mol. The van der Waals surface area contributed by atoms with Crippen LogP contribution in [0.25, 0.3) is 0 Å². The molecule has 0 heterocycles. The zero-order chi connectivity index (χ0) is 10.8. The molecule has 8 heteroatoms. The van der Waals surface area contributed by atoms with Crippen LogP contribution < -0.4 is 69.3 Å². The smallest absolute Gasteiger partial charge is 0.853 e. The van der Waals surface area contributed by atoms with Gasteiger partial charge in [-0.1, -0.05) is 19.3 Å². The molecule has 0 saturated heterocycles. The minimum Gasteiger partial charge on any atom is -0.853 e. The van der Waals surface area contributed by atoms with Crippen LogP contribution in [0.5, 0.6) is 0 Å². The van der Waals surface area contributed by atoms with Gasteiger partial charge in [-0.2, -0.15) is 8.42 Å². The molecule has 3 atom stereocenters. The summed E-state index contributed by atoms with van der Waals surface area (Å²) in [7, 11) is -3.93. The van der Waals surface area contributed by atoms with E-state index in [9.17, 15) is 18.6 Å². The summed E-state index contributed by atoms with van der Waals surface area (Å²) in [5, 5.41) is 22.0. The van der Waals surface area contributed by atoms with Gasteiger partial charge in [0.05, 0.1) is 5.75 Å². The topological polar surface area (TPSA) is 100 Å². The molecule has 3 unspecified atom stereocenters. The van der Waals surface area contributed by atoms with Crippen LogP contribution in [0, 0.1) is 5.92 Å². The SMILES string of the molecule is O=S(=O)(O)CCC1CCC([O-])C([O-])C1.[Na+].[Na+]. The van der Waals surface area contributed by atoms with Crippen molar-refractivity contribution in [3.05, 3.63) is 0 Å². The van der Waals surface area contributed by atoms with E-state index in [0.717, 1.165) is 0 Å². The molecule has 0 aromatic heterocycles. The van der Waals surface area contributed by atoms with Gasteiger partial charge in [0.15, 0.2) is 0 Å². The summed E-state index contributed by atoms with van der Waals surface area (Å²) in [4.78, 5) is 0. The van der Waals surface area contributed by atoms with Crippen molar-refractivity contribution in [3.8, 4) is 0 Å². The quantitative estimate of drug-likeness (QED) is 0.405. The van der Waals surface area contributed by atoms with Crippen LogP contribution in [0.15, 0.2) is 0 Å². The van der Waals surface area contributed by atoms with Crippen LogP contribution in [0.4, 0.5) is 0 Å². The van der Waals surface area contributed by atoms with Gasteiger partial charge in [0, 0.05) is 0 Å². The molecule has 1 N–H and O–H groups in total. The van der Waals surface area contributed by atoms with E-state index in [0.29, 0.717) is 12.8 Å². The second kappa shape index (κ2) is 8.85. The minimum atomic E-state index is -3.93. The molecule has 1 rings (SSSR count). The molecule has 0 amide bonds. The van der Waals surface area contributed by atoms with Gasteiger partial charge >= 0.3 is 59.1 Å². The average Bonchev–Trinajstić information content (AvgIpc) is 2.06. The number of hydrogen-bond donors (Lipinski definition) is 1. The summed E-state index contributed by atoms with van der Waals surface area (Å²) in [5.41, 5.74) is 0. The largest absolute Gasteiger partial charge is 1.00 e. The molecular formula is C8H14Na2O5S. The molecule has 0 aliphatic heterocycles. The molecule has 1 saturated carbocycles. The van der Waals surface area contributed by atoms with Gasteiger partial charge in [-0.25, -0.2) is 0 Å². The molecule has 0 spiro atoms. The van der Waals surface area contributed by atoms with Crippen molar-refractivity contribution in [1.82, 2.24) is 0 Å². The van der Waals surface area contributed by atoms with Gasteiger partial charge in [0.25, 0.3) is 10.1 Å². The summed E-state index contributed by atoms with van der Waals surface area (Å²) in [5.74, 6) is -0.335. The van der Waals surface area contributed by atoms with Gasteiger partial charge in [-0.05, 0) is 12.3 Å². The first-order chi connectivity index (χ1) is 6.38. The second-order valence-corrected chi connectivity index (χ2v) is 5.40. The average molecular weight is 268 g/mol. The third-order valence-corrected chi connectivity index (χ3v) is 3.38. The van der Waals surface area contributed by atoms with Crippen molar-refractivity contribution in [1.29, 1.82) is 0 Å². The molecule has 5 nitrogen and oxygen atoms in total. The fraction of sp³-hybridized carbons (Fsp3) is 1.00. The summed E-state index contributed by atoms with van der Waals surface area (Å²) in [6.45, 7) is 0. The molecule has 0 aromatic rings. The van der Waals surface area contributed by atoms with Gasteiger partial charge in [0.1, 0.15) is 0 Å². The summed E-state index contributed by atoms with van der Waals surface area (Å²) >= 11 is 0. The molecule has 1 aliphatic carbocycles. The Morgan fingerprint density at radius 3 is 2.12 bits per heavy atom. The summed E-state index contributed by atoms with van der Waals surface area (Å²) in [6, 6.07) is 0. The first-order valence-electron chi connectivity index (χ1n) is 4.65. The molecule has 0 bridgehead atoms. The first kappa shape index (κ1) is 20.2. The number of rotatable bonds is 3. The van der Waals surface area contributed by atoms with Crippen molar-refractivity contribution >= 4 is 10.1 Å². The van der Waals surface area contributed by atoms with Crippen LogP contribution in [0.3, 0.4) is 0 Å². The van der Waals surface area contributed by atoms with Gasteiger partial charge in [0.2, 0.25) is 0 Å². The molecule has 1 aliphatic rings. The standard InChI is InChI=1S/C8H14O5S.2Na/c9-7-2-1-6(5-8(7)10)3-4-14(11,12)13;;/h6-8H,1-5H2,(H,11,12,13);;/q-2;2*+1. The van der Waals surface area contributed by atoms with E-state index in [1.54, 1.807) is 0 Å². The van der Waals surface area contributed by atoms with Crippen molar-refractivity contribution in [3.63, 3.8) is 0 Å². The zero-order valence-electron chi connectivity index (χ0n) is 9.76. The fourth-order valence-corrected chi connectivity index (χ4v) is 2.39. The number of hydrogen-bond acceptors (Lipinski definition) is 4. The van der Waals surface area contributed by atoms with Gasteiger partial charge in [-0.3, -0.25) is 4.55 Å². The van der Waals surface area contributed by atoms with E-state index in [4.69, 9.17) is 4.55 Å². The first-order valence-corrected chi connectivity index (χ1v) is 6.26. The molecular weight excluding hydrogens is 254 g/mol. The van der Waals surface area contributed by atoms with E-state index >= 15 is 0 Å². The Bertz CT molecular complexity index is 282. The van der Waals surface area contributed by atoms with Crippen LogP contribution in [-0.4, -0.2) is 30.9 Å². The van der Waals surface area contributed by atoms with Crippen LogP contribution in [0.2, 0.25) is 0 Å². The predicted octanol–water partition coefficient (Wildman–Crippen LogP) is -7.47. The Kier molecular flexibility index (Phi) is 11.1. The van der Waals surface area contributed by atoms with E-state index in [2.05, 4.69) is 0 Å². The molecule has 0 radical (unpaired) electrons. The Morgan fingerprint density at radius 1 is 1.12 bits per heavy atom. The molecule has 0 aromatic carbocycles. The third-order valence-electron chi connectivity index (χ3n) is 2.62. The van der Waals surface area contributed by atoms with Crippen LogP contribution >= 0.6 is 0 Å². The van der Waals surface area contributed by atoms with Crippen molar-refractivity contribution in [2.75, 3.05) is 5.75 Å². The Morgan fingerprint density at radius 2 is 1.69 bits per heavy atom. The van der Waals surface area contributed by atoms with Gasteiger partial charge in [-0.15, -0.1) is 12.2 Å². The maximum atomic E-state index is 11.1. The minimum absolute atomic E-state index is 0. The van der Waals surface area contributed by atoms with Gasteiger partial charge < -0.3 is 10.2 Å². The summed E-state index contributed by atoms with van der Waals surface area (Å²) < 4.78 is 29.4. The van der Waals surface area contributed by atoms with Crippen molar-refractivity contribution < 1.29 is 82.3 Å². The third kappa shape index (κ3) is 8.02.